The van der Waals surface area contributed by atoms with Crippen molar-refractivity contribution in [2.75, 3.05) is 0 Å². The second-order valence-electron chi connectivity index (χ2n) is 10.7. The molecule has 2 aliphatic rings. The molecule has 1 unspecified atom stereocenters. The fourth-order valence-electron chi connectivity index (χ4n) is 5.55. The number of rotatable bonds is 6. The van der Waals surface area contributed by atoms with Gasteiger partial charge in [-0.2, -0.15) is 0 Å². The molecule has 0 radical (unpaired) electrons. The molecule has 47 heavy (non-hydrogen) atoms. The van der Waals surface area contributed by atoms with Crippen LogP contribution in [-0.2, 0) is 22.8 Å². The van der Waals surface area contributed by atoms with Crippen LogP contribution in [0.2, 0.25) is 10.8 Å². The van der Waals surface area contributed by atoms with Crippen molar-refractivity contribution in [2.45, 2.75) is 23.1 Å². The summed E-state index contributed by atoms with van der Waals surface area (Å²) in [6.07, 6.45) is 11.1. The zero-order valence-electron chi connectivity index (χ0n) is 26.6. The van der Waals surface area contributed by atoms with Crippen LogP contribution in [0.25, 0.3) is 6.08 Å². The summed E-state index contributed by atoms with van der Waals surface area (Å²) in [6.45, 7) is 1.08. The molecule has 1 heterocycles. The fraction of sp³-hybridized carbons (Fsp3) is 0.0976. The molecule has 240 valence electrons. The molecule has 5 aromatic carbocycles. The van der Waals surface area contributed by atoms with Gasteiger partial charge >= 0.3 is 28.8 Å². The van der Waals surface area contributed by atoms with E-state index in [0.29, 0.717) is 0 Å². The van der Waals surface area contributed by atoms with Crippen molar-refractivity contribution in [1.82, 2.24) is 0 Å². The minimum absolute atomic E-state index is 0.597. The summed E-state index contributed by atoms with van der Waals surface area (Å²) in [5.74, 6) is 0.111. The average molecular weight is 747 g/mol. The second-order valence-corrected chi connectivity index (χ2v) is 16.8. The molecule has 0 aromatic heterocycles. The molecule has 5 aromatic rings. The van der Waals surface area contributed by atoms with Gasteiger partial charge in [-0.25, -0.2) is 0 Å². The Bertz CT molecular complexity index is 1760. The van der Waals surface area contributed by atoms with Crippen LogP contribution in [0, 0.1) is 0 Å². The molecule has 6 heteroatoms. The predicted molar refractivity (Wildman–Crippen MR) is 199 cm³/mol. The van der Waals surface area contributed by atoms with Gasteiger partial charge in [0.2, 0.25) is 0 Å². The van der Waals surface area contributed by atoms with E-state index in [2.05, 4.69) is 181 Å². The van der Waals surface area contributed by atoms with Crippen molar-refractivity contribution in [3.63, 3.8) is 0 Å². The zero-order valence-corrected chi connectivity index (χ0v) is 30.0. The number of aliphatic carboxylic acids is 1. The molecule has 0 fully saturated rings. The van der Waals surface area contributed by atoms with Crippen molar-refractivity contribution in [2.24, 2.45) is 0 Å². The van der Waals surface area contributed by atoms with E-state index in [1.54, 1.807) is 0 Å². The Hall–Kier alpha value is -3.89. The Morgan fingerprint density at radius 3 is 1.57 bits per heavy atom. The average Bonchev–Trinajstić information content (AvgIpc) is 3.09. The molecule has 0 bridgehead atoms. The summed E-state index contributed by atoms with van der Waals surface area (Å²) >= 11 is 0.950. The van der Waals surface area contributed by atoms with Gasteiger partial charge in [-0.3, -0.25) is 4.79 Å². The van der Waals surface area contributed by atoms with Gasteiger partial charge in [0.05, 0.1) is 0 Å². The summed E-state index contributed by atoms with van der Waals surface area (Å²) in [5, 5.41) is 17.7. The molecular formula is C41H38O3P2Pd. The van der Waals surface area contributed by atoms with E-state index < -0.39 is 27.2 Å². The number of carbonyl (C=O) groups is 1. The van der Waals surface area contributed by atoms with Crippen LogP contribution in [0.1, 0.15) is 12.5 Å². The van der Waals surface area contributed by atoms with Gasteiger partial charge in [-0.05, 0) is 52.7 Å². The Kier molecular flexibility index (Phi) is 12.3. The second kappa shape index (κ2) is 16.8. The van der Waals surface area contributed by atoms with Gasteiger partial charge in [-0.15, -0.1) is 0 Å². The number of allylic oxidation sites excluding steroid dienone is 2. The molecule has 0 amide bonds. The molecule has 7 rings (SSSR count). The van der Waals surface area contributed by atoms with Gasteiger partial charge in [0, 0.05) is 26.0 Å². The van der Waals surface area contributed by atoms with E-state index in [1.807, 2.05) is 0 Å². The normalized spacial score (nSPS) is 15.6. The van der Waals surface area contributed by atoms with Gasteiger partial charge in [0.1, 0.15) is 5.75 Å². The SMILES string of the molecule is C1=CC2=Cc3ccc(P(c4ccccc4)c4ccccc4)cc3OC2(P(c2ccccc2)c2ccccc2)C=C1.CC(=O)O.[CH3][Pd][CH3]. The van der Waals surface area contributed by atoms with Crippen LogP contribution in [-0.4, -0.2) is 16.4 Å². The molecule has 1 atom stereocenters. The van der Waals surface area contributed by atoms with Crippen LogP contribution in [0.15, 0.2) is 169 Å². The standard InChI is InChI=1S/C37H28OP2.C2H4O2.2CH3.Pd/c1-5-16-31(17-6-1)39(32-18-7-2-8-19-32)35-25-24-29-27-30-15-13-14-26-37(30,38-36(29)28-35)40(33-20-9-3-10-21-33)34-22-11-4-12-23-34;1-2(3)4;;;/h1-28H;1H3,(H,3,4);2*1H3;. The summed E-state index contributed by atoms with van der Waals surface area (Å²) in [4.78, 5) is 9.00. The Balaban J connectivity index is 0.000000568. The molecule has 0 spiro atoms. The Morgan fingerprint density at radius 2 is 1.11 bits per heavy atom. The van der Waals surface area contributed by atoms with E-state index in [9.17, 15) is 0 Å². The minimum atomic E-state index is -0.908. The van der Waals surface area contributed by atoms with Crippen molar-refractivity contribution in [1.29, 1.82) is 0 Å². The van der Waals surface area contributed by atoms with Crippen LogP contribution < -0.4 is 31.3 Å². The number of benzene rings is 5. The number of ether oxygens (including phenoxy) is 1. The van der Waals surface area contributed by atoms with E-state index in [4.69, 9.17) is 14.6 Å². The maximum absolute atomic E-state index is 9.00. The first kappa shape index (κ1) is 34.4. The van der Waals surface area contributed by atoms with Crippen LogP contribution in [0.3, 0.4) is 0 Å². The van der Waals surface area contributed by atoms with E-state index >= 15 is 0 Å². The van der Waals surface area contributed by atoms with Gasteiger partial charge in [0.15, 0.2) is 5.34 Å². The molecule has 0 saturated carbocycles. The first-order valence-corrected chi connectivity index (χ1v) is 20.9. The fourth-order valence-corrected chi connectivity index (χ4v) is 10.7. The quantitative estimate of drug-likeness (QED) is 0.140. The van der Waals surface area contributed by atoms with Gasteiger partial charge in [-0.1, -0.05) is 152 Å². The van der Waals surface area contributed by atoms with Crippen molar-refractivity contribution in [3.8, 4) is 5.75 Å². The number of fused-ring (bicyclic) bond motifs is 2. The number of hydrogen-bond acceptors (Lipinski definition) is 2. The Labute approximate surface area is 289 Å². The third-order valence-electron chi connectivity index (χ3n) is 7.34. The van der Waals surface area contributed by atoms with Crippen LogP contribution in [0.5, 0.6) is 5.75 Å². The molecular weight excluding hydrogens is 709 g/mol. The monoisotopic (exact) mass is 746 g/mol. The summed E-state index contributed by atoms with van der Waals surface area (Å²) in [5.41, 5.74) is 2.32. The summed E-state index contributed by atoms with van der Waals surface area (Å²) in [6, 6.07) is 50.3. The molecule has 3 nitrogen and oxygen atoms in total. The number of carboxylic acids is 1. The number of carboxylic acid groups (broad SMARTS) is 1. The molecule has 0 saturated heterocycles. The third-order valence-corrected chi connectivity index (χ3v) is 12.6. The van der Waals surface area contributed by atoms with Crippen LogP contribution in [0.4, 0.5) is 0 Å². The van der Waals surface area contributed by atoms with Crippen molar-refractivity contribution >= 4 is 54.4 Å². The third kappa shape index (κ3) is 8.34. The molecule has 1 aliphatic carbocycles. The van der Waals surface area contributed by atoms with E-state index in [1.165, 1.54) is 32.1 Å². The van der Waals surface area contributed by atoms with Gasteiger partial charge < -0.3 is 9.84 Å². The first-order chi connectivity index (χ1) is 23.0. The van der Waals surface area contributed by atoms with Crippen molar-refractivity contribution in [3.05, 3.63) is 175 Å². The predicted octanol–water partition coefficient (Wildman–Crippen LogP) is 8.43. The summed E-state index contributed by atoms with van der Waals surface area (Å²) < 4.78 is 7.29. The Morgan fingerprint density at radius 1 is 0.660 bits per heavy atom. The topological polar surface area (TPSA) is 46.5 Å². The molecule has 1 N–H and O–H groups in total. The van der Waals surface area contributed by atoms with E-state index in [-0.39, 0.29) is 0 Å². The first-order valence-electron chi connectivity index (χ1n) is 15.1. The van der Waals surface area contributed by atoms with Gasteiger partial charge in [0.25, 0.3) is 5.97 Å². The van der Waals surface area contributed by atoms with Crippen molar-refractivity contribution < 1.29 is 32.6 Å². The zero-order chi connectivity index (χ0) is 33.1. The van der Waals surface area contributed by atoms with E-state index in [0.717, 1.165) is 36.2 Å². The number of hydrogen-bond donors (Lipinski definition) is 1. The van der Waals surface area contributed by atoms with Crippen LogP contribution >= 0.6 is 15.8 Å². The summed E-state index contributed by atoms with van der Waals surface area (Å²) in [7, 11) is -1.64. The molecule has 1 aliphatic heterocycles. The maximum atomic E-state index is 9.00.